The molecule has 9 heteroatoms. The second-order valence-electron chi connectivity index (χ2n) is 5.35. The lowest BCUT2D eigenvalue weighted by Gasteiger charge is -2.21. The monoisotopic (exact) mass is 351 g/mol. The maximum absolute atomic E-state index is 12.4. The van der Waals surface area contributed by atoms with E-state index in [9.17, 15) is 19.2 Å². The Hall–Kier alpha value is -2.94. The van der Waals surface area contributed by atoms with Gasteiger partial charge < -0.3 is 26.6 Å². The number of amides is 2. The molecule has 136 valence electrons. The maximum atomic E-state index is 12.4. The summed E-state index contributed by atoms with van der Waals surface area (Å²) in [5.41, 5.74) is 6.00. The van der Waals surface area contributed by atoms with Crippen molar-refractivity contribution >= 4 is 23.8 Å². The molecule has 1 aromatic rings. The zero-order valence-corrected chi connectivity index (χ0v) is 13.5. The smallest absolute Gasteiger partial charge is 0.326 e. The van der Waals surface area contributed by atoms with E-state index in [1.807, 2.05) is 0 Å². The van der Waals surface area contributed by atoms with Crippen LogP contribution >= 0.6 is 0 Å². The molecule has 1 rings (SSSR count). The molecule has 0 aliphatic rings. The summed E-state index contributed by atoms with van der Waals surface area (Å²) in [5.74, 6) is -3.80. The second-order valence-corrected chi connectivity index (χ2v) is 5.35. The van der Waals surface area contributed by atoms with Gasteiger partial charge in [0, 0.05) is 12.8 Å². The van der Waals surface area contributed by atoms with Crippen molar-refractivity contribution in [3.8, 4) is 0 Å². The van der Waals surface area contributed by atoms with Gasteiger partial charge in [-0.2, -0.15) is 0 Å². The van der Waals surface area contributed by atoms with Gasteiger partial charge in [0.25, 0.3) is 0 Å². The first-order valence-corrected chi connectivity index (χ1v) is 7.61. The first-order valence-electron chi connectivity index (χ1n) is 7.61. The topological polar surface area (TPSA) is 159 Å². The lowest BCUT2D eigenvalue weighted by molar-refractivity contribution is -0.143. The summed E-state index contributed by atoms with van der Waals surface area (Å²) >= 11 is 0. The van der Waals surface area contributed by atoms with Crippen molar-refractivity contribution in [3.63, 3.8) is 0 Å². The molecule has 0 spiro atoms. The van der Waals surface area contributed by atoms with Crippen LogP contribution in [0.4, 0.5) is 0 Å². The number of nitrogens with one attached hydrogen (secondary N) is 2. The molecule has 0 saturated heterocycles. The lowest BCUT2D eigenvalue weighted by Crippen LogP contribution is -2.53. The van der Waals surface area contributed by atoms with E-state index >= 15 is 0 Å². The fourth-order valence-corrected chi connectivity index (χ4v) is 2.11. The van der Waals surface area contributed by atoms with E-state index in [4.69, 9.17) is 15.9 Å². The molecule has 2 amide bonds. The molecule has 2 atom stereocenters. The first kappa shape index (κ1) is 20.1. The van der Waals surface area contributed by atoms with Gasteiger partial charge in [0.1, 0.15) is 12.1 Å². The predicted molar refractivity (Wildman–Crippen MR) is 87.6 cm³/mol. The van der Waals surface area contributed by atoms with E-state index in [0.717, 1.165) is 5.56 Å². The van der Waals surface area contributed by atoms with Crippen LogP contribution in [-0.2, 0) is 25.6 Å². The van der Waals surface area contributed by atoms with E-state index in [2.05, 4.69) is 10.6 Å². The minimum atomic E-state index is -1.36. The summed E-state index contributed by atoms with van der Waals surface area (Å²) in [4.78, 5) is 45.7. The highest BCUT2D eigenvalue weighted by Crippen LogP contribution is 2.05. The van der Waals surface area contributed by atoms with E-state index < -0.39 is 42.3 Å². The van der Waals surface area contributed by atoms with Gasteiger partial charge in [-0.05, 0) is 12.0 Å². The molecular weight excluding hydrogens is 330 g/mol. The van der Waals surface area contributed by atoms with Crippen LogP contribution in [0.25, 0.3) is 0 Å². The van der Waals surface area contributed by atoms with Gasteiger partial charge in [-0.15, -0.1) is 0 Å². The largest absolute Gasteiger partial charge is 0.481 e. The molecule has 0 aliphatic heterocycles. The molecule has 0 radical (unpaired) electrons. The van der Waals surface area contributed by atoms with Gasteiger partial charge in [-0.25, -0.2) is 4.79 Å². The van der Waals surface area contributed by atoms with Gasteiger partial charge in [0.2, 0.25) is 11.8 Å². The third kappa shape index (κ3) is 7.44. The molecule has 0 aromatic heterocycles. The standard InChI is InChI=1S/C16H21N3O6/c17-9-13(20)18-12(8-10-4-2-1-3-5-10)15(23)19-11(16(24)25)6-7-14(21)22/h1-5,11-12H,6-9,17H2,(H,18,20)(H,19,23)(H,21,22)(H,24,25)/t11-,12+/m1/s1. The van der Waals surface area contributed by atoms with E-state index in [1.165, 1.54) is 0 Å². The third-order valence-electron chi connectivity index (χ3n) is 3.38. The minimum Gasteiger partial charge on any atom is -0.481 e. The lowest BCUT2D eigenvalue weighted by atomic mass is 10.0. The average Bonchev–Trinajstić information content (AvgIpc) is 2.58. The van der Waals surface area contributed by atoms with Gasteiger partial charge >= 0.3 is 11.9 Å². The Balaban J connectivity index is 2.83. The Labute approximate surface area is 144 Å². The van der Waals surface area contributed by atoms with Crippen LogP contribution in [-0.4, -0.2) is 52.6 Å². The van der Waals surface area contributed by atoms with E-state index in [-0.39, 0.29) is 19.4 Å². The molecule has 0 aliphatic carbocycles. The Bertz CT molecular complexity index is 620. The summed E-state index contributed by atoms with van der Waals surface area (Å²) in [6, 6.07) is 6.46. The number of hydrogen-bond donors (Lipinski definition) is 5. The van der Waals surface area contributed by atoms with Gasteiger partial charge in [0.15, 0.2) is 0 Å². The van der Waals surface area contributed by atoms with Gasteiger partial charge in [0.05, 0.1) is 6.54 Å². The molecule has 9 nitrogen and oxygen atoms in total. The van der Waals surface area contributed by atoms with Crippen LogP contribution in [0.2, 0.25) is 0 Å². The van der Waals surface area contributed by atoms with E-state index in [0.29, 0.717) is 0 Å². The van der Waals surface area contributed by atoms with Crippen molar-refractivity contribution in [3.05, 3.63) is 35.9 Å². The number of benzene rings is 1. The Morgan fingerprint density at radius 3 is 2.16 bits per heavy atom. The highest BCUT2D eigenvalue weighted by atomic mass is 16.4. The number of carboxylic acid groups (broad SMARTS) is 2. The number of carbonyl (C=O) groups is 4. The molecule has 0 heterocycles. The molecule has 1 aromatic carbocycles. The summed E-state index contributed by atoms with van der Waals surface area (Å²) < 4.78 is 0. The maximum Gasteiger partial charge on any atom is 0.326 e. The van der Waals surface area contributed by atoms with Gasteiger partial charge in [-0.1, -0.05) is 30.3 Å². The van der Waals surface area contributed by atoms with Crippen molar-refractivity contribution in [2.75, 3.05) is 6.54 Å². The molecule has 25 heavy (non-hydrogen) atoms. The Morgan fingerprint density at radius 2 is 1.64 bits per heavy atom. The van der Waals surface area contributed by atoms with Crippen molar-refractivity contribution in [1.82, 2.24) is 10.6 Å². The summed E-state index contributed by atoms with van der Waals surface area (Å²) in [7, 11) is 0. The second kappa shape index (κ2) is 10.0. The first-order chi connectivity index (χ1) is 11.8. The fraction of sp³-hybridized carbons (Fsp3) is 0.375. The molecule has 6 N–H and O–H groups in total. The predicted octanol–water partition coefficient (Wildman–Crippen LogP) is -0.893. The summed E-state index contributed by atoms with van der Waals surface area (Å²) in [5, 5.41) is 22.5. The van der Waals surface area contributed by atoms with Crippen molar-refractivity contribution < 1.29 is 29.4 Å². The van der Waals surface area contributed by atoms with Crippen LogP contribution in [0, 0.1) is 0 Å². The van der Waals surface area contributed by atoms with Crippen LogP contribution < -0.4 is 16.4 Å². The highest BCUT2D eigenvalue weighted by molar-refractivity contribution is 5.91. The van der Waals surface area contributed by atoms with Crippen molar-refractivity contribution in [2.45, 2.75) is 31.3 Å². The highest BCUT2D eigenvalue weighted by Gasteiger charge is 2.26. The molecule has 0 fully saturated rings. The number of carboxylic acids is 2. The third-order valence-corrected chi connectivity index (χ3v) is 3.38. The van der Waals surface area contributed by atoms with Gasteiger partial charge in [-0.3, -0.25) is 14.4 Å². The van der Waals surface area contributed by atoms with Crippen LogP contribution in [0.1, 0.15) is 18.4 Å². The Morgan fingerprint density at radius 1 is 1.00 bits per heavy atom. The van der Waals surface area contributed by atoms with Crippen LogP contribution in [0.5, 0.6) is 0 Å². The van der Waals surface area contributed by atoms with Crippen molar-refractivity contribution in [1.29, 1.82) is 0 Å². The normalized spacial score (nSPS) is 12.7. The quantitative estimate of drug-likeness (QED) is 0.365. The number of nitrogens with two attached hydrogens (primary N) is 1. The molecule has 0 unspecified atom stereocenters. The van der Waals surface area contributed by atoms with Crippen LogP contribution in [0.15, 0.2) is 30.3 Å². The number of aliphatic carboxylic acids is 2. The summed E-state index contributed by atoms with van der Waals surface area (Å²) in [6.07, 6.45) is -0.529. The van der Waals surface area contributed by atoms with Crippen molar-refractivity contribution in [2.24, 2.45) is 5.73 Å². The molecule has 0 saturated carbocycles. The zero-order valence-electron chi connectivity index (χ0n) is 13.5. The average molecular weight is 351 g/mol. The Kier molecular flexibility index (Phi) is 8.07. The number of carbonyl (C=O) groups excluding carboxylic acids is 2. The zero-order chi connectivity index (χ0) is 18.8. The van der Waals surface area contributed by atoms with E-state index in [1.54, 1.807) is 30.3 Å². The SMILES string of the molecule is NCC(=O)N[C@@H](Cc1ccccc1)C(=O)N[C@H](CCC(=O)O)C(=O)O. The molecular formula is C16H21N3O6. The minimum absolute atomic E-state index is 0.143. The van der Waals surface area contributed by atoms with Crippen LogP contribution in [0.3, 0.4) is 0 Å². The summed E-state index contributed by atoms with van der Waals surface area (Å²) in [6.45, 7) is -0.320. The number of rotatable bonds is 10. The molecule has 0 bridgehead atoms. The number of hydrogen-bond acceptors (Lipinski definition) is 5. The fourth-order valence-electron chi connectivity index (χ4n) is 2.11.